The van der Waals surface area contributed by atoms with E-state index in [1.807, 2.05) is 36.4 Å². The summed E-state index contributed by atoms with van der Waals surface area (Å²) in [5, 5.41) is 0. The number of hydrogen-bond acceptors (Lipinski definition) is 4. The van der Waals surface area contributed by atoms with Gasteiger partial charge in [-0.2, -0.15) is 9.97 Å². The Balaban J connectivity index is 1.55. The van der Waals surface area contributed by atoms with Crippen molar-refractivity contribution in [3.8, 4) is 22.8 Å². The van der Waals surface area contributed by atoms with Crippen molar-refractivity contribution in [2.24, 2.45) is 5.41 Å². The average molecular weight is 565 g/mol. The molecule has 1 aliphatic heterocycles. The van der Waals surface area contributed by atoms with E-state index in [4.69, 9.17) is 15.0 Å². The molecule has 0 atom stereocenters. The summed E-state index contributed by atoms with van der Waals surface area (Å²) in [5.41, 5.74) is 9.43. The smallest absolute Gasteiger partial charge is 0.238 e. The molecule has 216 valence electrons. The van der Waals surface area contributed by atoms with E-state index in [1.165, 1.54) is 22.3 Å². The van der Waals surface area contributed by atoms with E-state index in [0.717, 1.165) is 22.5 Å². The maximum absolute atomic E-state index is 5.19. The minimum Gasteiger partial charge on any atom is -0.278 e. The van der Waals surface area contributed by atoms with Crippen molar-refractivity contribution in [1.82, 2.24) is 15.0 Å². The lowest BCUT2D eigenvalue weighted by Crippen LogP contribution is -2.42. The van der Waals surface area contributed by atoms with Gasteiger partial charge in [0.1, 0.15) is 0 Å². The molecule has 1 aromatic heterocycles. The SMILES string of the molecule is CC1(C)c2ccccc2N(c2nc(-c3ccccc3)nc(-c3ccccc3)n2)c2cc3c(cc21)C(C)(C)C(C)(C)C3(C)C. The minimum atomic E-state index is -0.206. The van der Waals surface area contributed by atoms with Gasteiger partial charge in [-0.25, -0.2) is 4.98 Å². The second kappa shape index (κ2) is 9.09. The predicted molar refractivity (Wildman–Crippen MR) is 177 cm³/mol. The van der Waals surface area contributed by atoms with E-state index in [2.05, 4.69) is 121 Å². The Kier molecular flexibility index (Phi) is 5.82. The molecule has 43 heavy (non-hydrogen) atoms. The van der Waals surface area contributed by atoms with Gasteiger partial charge in [-0.05, 0) is 50.6 Å². The summed E-state index contributed by atoms with van der Waals surface area (Å²) in [6, 6.07) is 34.1. The topological polar surface area (TPSA) is 41.9 Å². The highest BCUT2D eigenvalue weighted by Gasteiger charge is 2.57. The van der Waals surface area contributed by atoms with E-state index >= 15 is 0 Å². The molecule has 0 saturated carbocycles. The van der Waals surface area contributed by atoms with Crippen molar-refractivity contribution in [1.29, 1.82) is 0 Å². The molecule has 0 saturated heterocycles. The third kappa shape index (κ3) is 3.78. The van der Waals surface area contributed by atoms with Crippen LogP contribution in [-0.2, 0) is 16.2 Å². The highest BCUT2D eigenvalue weighted by molar-refractivity contribution is 5.85. The second-order valence-corrected chi connectivity index (χ2v) is 14.3. The van der Waals surface area contributed by atoms with E-state index in [-0.39, 0.29) is 21.7 Å². The summed E-state index contributed by atoms with van der Waals surface area (Å²) in [5.74, 6) is 1.96. The maximum Gasteiger partial charge on any atom is 0.238 e. The van der Waals surface area contributed by atoms with Crippen LogP contribution in [0.15, 0.2) is 97.1 Å². The van der Waals surface area contributed by atoms with Crippen LogP contribution in [0.25, 0.3) is 22.8 Å². The van der Waals surface area contributed by atoms with Crippen molar-refractivity contribution in [3.63, 3.8) is 0 Å². The first-order chi connectivity index (χ1) is 20.4. The number of para-hydroxylation sites is 1. The van der Waals surface area contributed by atoms with Gasteiger partial charge in [0.25, 0.3) is 0 Å². The van der Waals surface area contributed by atoms with E-state index < -0.39 is 0 Å². The Hall–Kier alpha value is -4.31. The summed E-state index contributed by atoms with van der Waals surface area (Å²) in [6.45, 7) is 19.2. The highest BCUT2D eigenvalue weighted by Crippen LogP contribution is 2.64. The fraction of sp³-hybridized carbons (Fsp3) is 0.308. The Morgan fingerprint density at radius 1 is 0.465 bits per heavy atom. The number of fused-ring (bicyclic) bond motifs is 3. The second-order valence-electron chi connectivity index (χ2n) is 14.3. The third-order valence-corrected chi connectivity index (χ3v) is 11.2. The summed E-state index contributed by atoms with van der Waals surface area (Å²) in [4.78, 5) is 17.6. The number of aromatic nitrogens is 3. The fourth-order valence-corrected chi connectivity index (χ4v) is 7.35. The number of benzene rings is 4. The van der Waals surface area contributed by atoms with Gasteiger partial charge in [-0.15, -0.1) is 0 Å². The van der Waals surface area contributed by atoms with Crippen LogP contribution < -0.4 is 4.90 Å². The van der Waals surface area contributed by atoms with Crippen LogP contribution in [0.4, 0.5) is 17.3 Å². The molecule has 0 N–H and O–H groups in total. The summed E-state index contributed by atoms with van der Waals surface area (Å²) in [6.07, 6.45) is 0. The first-order valence-electron chi connectivity index (χ1n) is 15.3. The predicted octanol–water partition coefficient (Wildman–Crippen LogP) is 9.91. The zero-order chi connectivity index (χ0) is 30.4. The van der Waals surface area contributed by atoms with Gasteiger partial charge >= 0.3 is 0 Å². The summed E-state index contributed by atoms with van der Waals surface area (Å²) < 4.78 is 0. The quantitative estimate of drug-likeness (QED) is 0.219. The van der Waals surface area contributed by atoms with Crippen LogP contribution in [0.3, 0.4) is 0 Å². The lowest BCUT2D eigenvalue weighted by molar-refractivity contribution is 0.125. The van der Waals surface area contributed by atoms with Crippen molar-refractivity contribution >= 4 is 17.3 Å². The number of hydrogen-bond donors (Lipinski definition) is 0. The van der Waals surface area contributed by atoms with Gasteiger partial charge in [-0.3, -0.25) is 4.90 Å². The van der Waals surface area contributed by atoms with Gasteiger partial charge in [-0.1, -0.05) is 140 Å². The van der Waals surface area contributed by atoms with E-state index in [1.54, 1.807) is 0 Å². The molecule has 5 aromatic rings. The summed E-state index contributed by atoms with van der Waals surface area (Å²) >= 11 is 0. The van der Waals surface area contributed by atoms with Gasteiger partial charge in [0, 0.05) is 16.5 Å². The zero-order valence-corrected chi connectivity index (χ0v) is 26.5. The minimum absolute atomic E-state index is 0.00681. The Bertz CT molecular complexity index is 1810. The summed E-state index contributed by atoms with van der Waals surface area (Å²) in [7, 11) is 0. The molecule has 0 radical (unpaired) electrons. The lowest BCUT2D eigenvalue weighted by Gasteiger charge is -2.44. The fourth-order valence-electron chi connectivity index (χ4n) is 7.35. The van der Waals surface area contributed by atoms with Crippen molar-refractivity contribution in [2.45, 2.75) is 71.6 Å². The molecule has 0 fully saturated rings. The zero-order valence-electron chi connectivity index (χ0n) is 26.5. The maximum atomic E-state index is 5.19. The Morgan fingerprint density at radius 2 is 0.953 bits per heavy atom. The molecule has 0 bridgehead atoms. The molecule has 4 aromatic carbocycles. The monoisotopic (exact) mass is 564 g/mol. The molecule has 4 nitrogen and oxygen atoms in total. The lowest BCUT2D eigenvalue weighted by atomic mass is 9.59. The molecular weight excluding hydrogens is 524 g/mol. The molecule has 7 rings (SSSR count). The highest BCUT2D eigenvalue weighted by atomic mass is 15.3. The Labute approximate surface area is 255 Å². The molecule has 0 spiro atoms. The van der Waals surface area contributed by atoms with Gasteiger partial charge in [0.05, 0.1) is 11.4 Å². The van der Waals surface area contributed by atoms with Crippen LogP contribution in [0.5, 0.6) is 0 Å². The largest absolute Gasteiger partial charge is 0.278 e. The van der Waals surface area contributed by atoms with Crippen LogP contribution in [0.1, 0.15) is 77.6 Å². The molecule has 2 aliphatic rings. The van der Waals surface area contributed by atoms with Crippen LogP contribution in [0, 0.1) is 5.41 Å². The molecule has 4 heteroatoms. The van der Waals surface area contributed by atoms with Gasteiger partial charge < -0.3 is 0 Å². The van der Waals surface area contributed by atoms with Gasteiger partial charge in [0.15, 0.2) is 11.6 Å². The molecule has 2 heterocycles. The molecular formula is C39H40N4. The Morgan fingerprint density at radius 3 is 1.51 bits per heavy atom. The average Bonchev–Trinajstić information content (AvgIpc) is 3.11. The van der Waals surface area contributed by atoms with Gasteiger partial charge in [0.2, 0.25) is 5.95 Å². The van der Waals surface area contributed by atoms with Crippen molar-refractivity contribution < 1.29 is 0 Å². The number of nitrogens with zero attached hydrogens (tertiary/aromatic N) is 4. The molecule has 0 unspecified atom stereocenters. The molecule has 0 amide bonds. The van der Waals surface area contributed by atoms with Crippen LogP contribution >= 0.6 is 0 Å². The first kappa shape index (κ1) is 27.5. The van der Waals surface area contributed by atoms with Crippen molar-refractivity contribution in [3.05, 3.63) is 119 Å². The van der Waals surface area contributed by atoms with Crippen LogP contribution in [-0.4, -0.2) is 15.0 Å². The van der Waals surface area contributed by atoms with Crippen LogP contribution in [0.2, 0.25) is 0 Å². The van der Waals surface area contributed by atoms with E-state index in [0.29, 0.717) is 17.6 Å². The first-order valence-corrected chi connectivity index (χ1v) is 15.3. The third-order valence-electron chi connectivity index (χ3n) is 11.2. The van der Waals surface area contributed by atoms with Crippen molar-refractivity contribution in [2.75, 3.05) is 4.90 Å². The normalized spacial score (nSPS) is 18.5. The van der Waals surface area contributed by atoms with E-state index in [9.17, 15) is 0 Å². The number of rotatable bonds is 3. The molecule has 1 aliphatic carbocycles. The number of anilines is 3. The standard InChI is InChI=1S/C39H40N4/c1-36(2)27-21-15-16-22-31(27)43(32-24-29-28(23-30(32)36)37(3,4)39(7,8)38(29,5)6)35-41-33(25-17-11-9-12-18-25)40-34(42-35)26-19-13-10-14-20-26/h9-24H,1-8H3.